The van der Waals surface area contributed by atoms with E-state index in [1.807, 2.05) is 24.3 Å². The molecule has 0 saturated heterocycles. The molecule has 0 heterocycles. The summed E-state index contributed by atoms with van der Waals surface area (Å²) in [7, 11) is 1.60. The highest BCUT2D eigenvalue weighted by molar-refractivity contribution is 9.10. The maximum absolute atomic E-state index is 13.1. The van der Waals surface area contributed by atoms with Crippen LogP contribution in [0, 0.1) is 5.82 Å². The minimum absolute atomic E-state index is 0.0914. The minimum Gasteiger partial charge on any atom is -0.497 e. The molecule has 0 saturated carbocycles. The van der Waals surface area contributed by atoms with E-state index >= 15 is 0 Å². The van der Waals surface area contributed by atoms with Gasteiger partial charge in [-0.05, 0) is 51.3 Å². The second-order valence-corrected chi connectivity index (χ2v) is 5.34. The molecule has 4 heteroatoms. The highest BCUT2D eigenvalue weighted by Gasteiger charge is 2.07. The van der Waals surface area contributed by atoms with E-state index in [4.69, 9.17) is 4.74 Å². The van der Waals surface area contributed by atoms with Crippen molar-refractivity contribution >= 4 is 21.7 Å². The first-order chi connectivity index (χ1) is 9.58. The van der Waals surface area contributed by atoms with Crippen LogP contribution in [-0.4, -0.2) is 12.9 Å². The summed E-state index contributed by atoms with van der Waals surface area (Å²) < 4.78 is 18.6. The van der Waals surface area contributed by atoms with Crippen molar-refractivity contribution in [2.75, 3.05) is 7.11 Å². The molecule has 0 radical (unpaired) electrons. The molecule has 0 bridgehead atoms. The summed E-state index contributed by atoms with van der Waals surface area (Å²) in [5.41, 5.74) is 1.74. The first kappa shape index (κ1) is 14.7. The third kappa shape index (κ3) is 3.90. The zero-order valence-corrected chi connectivity index (χ0v) is 12.6. The first-order valence-electron chi connectivity index (χ1n) is 6.17. The molecule has 2 rings (SSSR count). The van der Waals surface area contributed by atoms with E-state index < -0.39 is 0 Å². The van der Waals surface area contributed by atoms with Gasteiger partial charge < -0.3 is 4.74 Å². The molecular formula is C16H14BrFO2. The van der Waals surface area contributed by atoms with Crippen molar-refractivity contribution in [3.63, 3.8) is 0 Å². The van der Waals surface area contributed by atoms with Gasteiger partial charge in [-0.2, -0.15) is 0 Å². The maximum atomic E-state index is 13.1. The molecular weight excluding hydrogens is 323 g/mol. The van der Waals surface area contributed by atoms with Crippen LogP contribution in [-0.2, 0) is 17.6 Å². The Morgan fingerprint density at radius 1 is 1.10 bits per heavy atom. The first-order valence-corrected chi connectivity index (χ1v) is 6.96. The highest BCUT2D eigenvalue weighted by atomic mass is 79.9. The monoisotopic (exact) mass is 336 g/mol. The second kappa shape index (κ2) is 6.66. The van der Waals surface area contributed by atoms with Gasteiger partial charge in [0.2, 0.25) is 0 Å². The fourth-order valence-electron chi connectivity index (χ4n) is 1.91. The van der Waals surface area contributed by atoms with Crippen molar-refractivity contribution in [1.82, 2.24) is 0 Å². The molecule has 20 heavy (non-hydrogen) atoms. The van der Waals surface area contributed by atoms with E-state index in [9.17, 15) is 9.18 Å². The van der Waals surface area contributed by atoms with Gasteiger partial charge in [-0.15, -0.1) is 0 Å². The lowest BCUT2D eigenvalue weighted by Crippen LogP contribution is -2.06. The van der Waals surface area contributed by atoms with Gasteiger partial charge in [-0.3, -0.25) is 4.79 Å². The minimum atomic E-state index is -0.323. The van der Waals surface area contributed by atoms with Crippen LogP contribution in [0.5, 0.6) is 5.75 Å². The van der Waals surface area contributed by atoms with Gasteiger partial charge in [-0.25, -0.2) is 4.39 Å². The van der Waals surface area contributed by atoms with Crippen LogP contribution in [0.4, 0.5) is 4.39 Å². The van der Waals surface area contributed by atoms with Crippen LogP contribution in [0.1, 0.15) is 11.1 Å². The van der Waals surface area contributed by atoms with Gasteiger partial charge in [0.25, 0.3) is 0 Å². The Balaban J connectivity index is 1.99. The third-order valence-electron chi connectivity index (χ3n) is 2.95. The molecule has 0 amide bonds. The maximum Gasteiger partial charge on any atom is 0.141 e. The Morgan fingerprint density at radius 3 is 2.30 bits per heavy atom. The van der Waals surface area contributed by atoms with Crippen LogP contribution in [0.15, 0.2) is 46.9 Å². The summed E-state index contributed by atoms with van der Waals surface area (Å²) in [4.78, 5) is 12.0. The average molecular weight is 337 g/mol. The van der Waals surface area contributed by atoms with E-state index in [0.717, 1.165) is 16.9 Å². The molecule has 0 aliphatic heterocycles. The fourth-order valence-corrected chi connectivity index (χ4v) is 2.34. The van der Waals surface area contributed by atoms with Gasteiger partial charge in [0, 0.05) is 12.8 Å². The summed E-state index contributed by atoms with van der Waals surface area (Å²) in [5.74, 6) is 0.536. The van der Waals surface area contributed by atoms with Crippen molar-refractivity contribution in [3.05, 3.63) is 63.9 Å². The lowest BCUT2D eigenvalue weighted by Gasteiger charge is -2.04. The van der Waals surface area contributed by atoms with E-state index in [2.05, 4.69) is 15.9 Å². The van der Waals surface area contributed by atoms with Crippen LogP contribution in [0.25, 0.3) is 0 Å². The molecule has 0 aromatic heterocycles. The fraction of sp³-hybridized carbons (Fsp3) is 0.188. The normalized spacial score (nSPS) is 10.3. The van der Waals surface area contributed by atoms with E-state index in [1.54, 1.807) is 19.2 Å². The molecule has 0 N–H and O–H groups in total. The third-order valence-corrected chi connectivity index (χ3v) is 3.55. The number of benzene rings is 2. The molecule has 0 spiro atoms. The lowest BCUT2D eigenvalue weighted by atomic mass is 10.0. The van der Waals surface area contributed by atoms with Crippen LogP contribution in [0.3, 0.4) is 0 Å². The van der Waals surface area contributed by atoms with Gasteiger partial charge in [0.1, 0.15) is 17.3 Å². The van der Waals surface area contributed by atoms with Gasteiger partial charge in [0.15, 0.2) is 0 Å². The number of carbonyl (C=O) groups excluding carboxylic acids is 1. The molecule has 2 aromatic carbocycles. The summed E-state index contributed by atoms with van der Waals surface area (Å²) >= 11 is 3.12. The zero-order chi connectivity index (χ0) is 14.5. The summed E-state index contributed by atoms with van der Waals surface area (Å²) in [5, 5.41) is 0. The standard InChI is InChI=1S/C16H14BrFO2/c1-20-14-5-2-11(3-6-14)8-13(19)9-12-4-7-16(18)15(17)10-12/h2-7,10H,8-9H2,1H3. The second-order valence-electron chi connectivity index (χ2n) is 4.49. The van der Waals surface area contributed by atoms with Gasteiger partial charge in [0.05, 0.1) is 11.6 Å². The Hall–Kier alpha value is -1.68. The predicted octanol–water partition coefficient (Wildman–Crippen LogP) is 3.95. The smallest absolute Gasteiger partial charge is 0.141 e. The summed E-state index contributed by atoms with van der Waals surface area (Å²) in [6.45, 7) is 0. The molecule has 0 fully saturated rings. The Bertz CT molecular complexity index is 608. The number of hydrogen-bond acceptors (Lipinski definition) is 2. The van der Waals surface area contributed by atoms with Crippen molar-refractivity contribution in [2.45, 2.75) is 12.8 Å². The number of rotatable bonds is 5. The van der Waals surface area contributed by atoms with E-state index in [-0.39, 0.29) is 11.6 Å². The quantitative estimate of drug-likeness (QED) is 0.826. The number of methoxy groups -OCH3 is 1. The number of halogens is 2. The highest BCUT2D eigenvalue weighted by Crippen LogP contribution is 2.18. The van der Waals surface area contributed by atoms with Gasteiger partial charge >= 0.3 is 0 Å². The average Bonchev–Trinajstić information content (AvgIpc) is 2.44. The number of Topliss-reactive ketones (excluding diaryl/α,β-unsaturated/α-hetero) is 1. The molecule has 0 unspecified atom stereocenters. The number of ketones is 1. The topological polar surface area (TPSA) is 26.3 Å². The van der Waals surface area contributed by atoms with Crippen molar-refractivity contribution in [3.8, 4) is 5.75 Å². The SMILES string of the molecule is COc1ccc(CC(=O)Cc2ccc(F)c(Br)c2)cc1. The van der Waals surface area contributed by atoms with Gasteiger partial charge in [-0.1, -0.05) is 18.2 Å². The largest absolute Gasteiger partial charge is 0.497 e. The van der Waals surface area contributed by atoms with Crippen molar-refractivity contribution in [1.29, 1.82) is 0 Å². The van der Waals surface area contributed by atoms with Crippen molar-refractivity contribution in [2.24, 2.45) is 0 Å². The number of ether oxygens (including phenoxy) is 1. The summed E-state index contributed by atoms with van der Waals surface area (Å²) in [6, 6.07) is 12.0. The molecule has 104 valence electrons. The summed E-state index contributed by atoms with van der Waals surface area (Å²) in [6.07, 6.45) is 0.657. The van der Waals surface area contributed by atoms with Crippen LogP contribution >= 0.6 is 15.9 Å². The number of hydrogen-bond donors (Lipinski definition) is 0. The Kier molecular flexibility index (Phi) is 4.90. The van der Waals surface area contributed by atoms with E-state index in [1.165, 1.54) is 6.07 Å². The van der Waals surface area contributed by atoms with Crippen molar-refractivity contribution < 1.29 is 13.9 Å². The Morgan fingerprint density at radius 2 is 1.70 bits per heavy atom. The van der Waals surface area contributed by atoms with Crippen LogP contribution < -0.4 is 4.74 Å². The molecule has 0 aliphatic rings. The lowest BCUT2D eigenvalue weighted by molar-refractivity contribution is -0.117. The molecule has 2 nitrogen and oxygen atoms in total. The Labute approximate surface area is 125 Å². The molecule has 0 aliphatic carbocycles. The molecule has 2 aromatic rings. The molecule has 0 atom stereocenters. The van der Waals surface area contributed by atoms with Crippen LogP contribution in [0.2, 0.25) is 0 Å². The predicted molar refractivity (Wildman–Crippen MR) is 79.5 cm³/mol. The zero-order valence-electron chi connectivity index (χ0n) is 11.0. The van der Waals surface area contributed by atoms with E-state index in [0.29, 0.717) is 17.3 Å². The number of carbonyl (C=O) groups is 1.